The Morgan fingerprint density at radius 3 is 2.00 bits per heavy atom. The topological polar surface area (TPSA) is 4.93 Å². The lowest BCUT2D eigenvalue weighted by Crippen LogP contribution is -2.10. The van der Waals surface area contributed by atoms with Crippen molar-refractivity contribution in [2.75, 3.05) is 0 Å². The average Bonchev–Trinajstić information content (AvgIpc) is 3.02. The molecular formula is C26H23N. The van der Waals surface area contributed by atoms with Gasteiger partial charge in [-0.3, -0.25) is 0 Å². The Morgan fingerprint density at radius 2 is 1.26 bits per heavy atom. The Bertz CT molecular complexity index is 1280. The lowest BCUT2D eigenvalue weighted by molar-refractivity contribution is 0.590. The van der Waals surface area contributed by atoms with E-state index >= 15 is 0 Å². The Hall–Kier alpha value is -3.06. The summed E-state index contributed by atoms with van der Waals surface area (Å²) in [6, 6.07) is 30.9. The quantitative estimate of drug-likeness (QED) is 0.301. The van der Waals surface area contributed by atoms with E-state index in [2.05, 4.69) is 110 Å². The van der Waals surface area contributed by atoms with Crippen molar-refractivity contribution in [3.05, 3.63) is 90.5 Å². The van der Waals surface area contributed by atoms with Gasteiger partial charge in [-0.15, -0.1) is 0 Å². The van der Waals surface area contributed by atoms with E-state index < -0.39 is 0 Å². The smallest absolute Gasteiger partial charge is 0.0619 e. The van der Waals surface area contributed by atoms with Gasteiger partial charge in [0, 0.05) is 21.8 Å². The van der Waals surface area contributed by atoms with E-state index in [1.54, 1.807) is 0 Å². The fraction of sp³-hybridized carbons (Fsp3) is 0.154. The van der Waals surface area contributed by atoms with Crippen molar-refractivity contribution >= 4 is 32.6 Å². The molecule has 5 rings (SSSR count). The molecule has 27 heavy (non-hydrogen) atoms. The lowest BCUT2D eigenvalue weighted by atomic mass is 9.87. The summed E-state index contributed by atoms with van der Waals surface area (Å²) in [5, 5.41) is 5.19. The fourth-order valence-corrected chi connectivity index (χ4v) is 4.11. The van der Waals surface area contributed by atoms with Crippen LogP contribution in [0.2, 0.25) is 0 Å². The van der Waals surface area contributed by atoms with Gasteiger partial charge in [0.1, 0.15) is 0 Å². The number of hydrogen-bond donors (Lipinski definition) is 0. The molecule has 0 atom stereocenters. The van der Waals surface area contributed by atoms with Crippen LogP contribution in [0.15, 0.2) is 84.9 Å². The van der Waals surface area contributed by atoms with Crippen molar-refractivity contribution in [3.63, 3.8) is 0 Å². The summed E-state index contributed by atoms with van der Waals surface area (Å²) in [5.74, 6) is 0. The Labute approximate surface area is 159 Å². The van der Waals surface area contributed by atoms with Crippen LogP contribution in [-0.2, 0) is 5.41 Å². The van der Waals surface area contributed by atoms with Crippen LogP contribution < -0.4 is 0 Å². The minimum atomic E-state index is 0.159. The van der Waals surface area contributed by atoms with E-state index in [1.807, 2.05) is 0 Å². The van der Waals surface area contributed by atoms with E-state index in [1.165, 1.54) is 43.8 Å². The van der Waals surface area contributed by atoms with Gasteiger partial charge in [-0.05, 0) is 34.6 Å². The summed E-state index contributed by atoms with van der Waals surface area (Å²) < 4.78 is 2.42. The summed E-state index contributed by atoms with van der Waals surface area (Å²) in [7, 11) is 0. The van der Waals surface area contributed by atoms with E-state index in [9.17, 15) is 0 Å². The molecule has 0 aliphatic heterocycles. The van der Waals surface area contributed by atoms with Crippen molar-refractivity contribution in [2.24, 2.45) is 0 Å². The predicted molar refractivity (Wildman–Crippen MR) is 117 cm³/mol. The minimum Gasteiger partial charge on any atom is -0.309 e. The maximum atomic E-state index is 2.42. The molecule has 0 aliphatic carbocycles. The van der Waals surface area contributed by atoms with Gasteiger partial charge in [0.25, 0.3) is 0 Å². The molecule has 1 heteroatoms. The molecule has 0 spiro atoms. The standard InChI is InChI=1S/C26H23N/c1-26(2,3)19-13-15-20(16-14-19)27-24-11-7-6-10-22(24)23-17-12-18-8-4-5-9-21(18)25(23)27/h4-17H,1-3H3. The number of nitrogens with zero attached hydrogens (tertiary/aromatic N) is 1. The van der Waals surface area contributed by atoms with Crippen LogP contribution in [0.5, 0.6) is 0 Å². The molecule has 0 fully saturated rings. The maximum Gasteiger partial charge on any atom is 0.0619 e. The number of hydrogen-bond acceptors (Lipinski definition) is 0. The molecule has 1 aromatic heterocycles. The van der Waals surface area contributed by atoms with Crippen molar-refractivity contribution in [2.45, 2.75) is 26.2 Å². The van der Waals surface area contributed by atoms with Gasteiger partial charge in [-0.1, -0.05) is 87.5 Å². The van der Waals surface area contributed by atoms with Crippen LogP contribution in [-0.4, -0.2) is 4.57 Å². The fourth-order valence-electron chi connectivity index (χ4n) is 4.11. The number of benzene rings is 4. The van der Waals surface area contributed by atoms with Crippen molar-refractivity contribution < 1.29 is 0 Å². The van der Waals surface area contributed by atoms with Gasteiger partial charge < -0.3 is 4.57 Å². The highest BCUT2D eigenvalue weighted by Gasteiger charge is 2.16. The number of para-hydroxylation sites is 1. The Balaban J connectivity index is 1.91. The summed E-state index contributed by atoms with van der Waals surface area (Å²) in [5.41, 5.74) is 5.28. The van der Waals surface area contributed by atoms with Crippen LogP contribution in [0.4, 0.5) is 0 Å². The molecule has 0 saturated heterocycles. The molecular weight excluding hydrogens is 326 g/mol. The van der Waals surface area contributed by atoms with Gasteiger partial charge in [0.2, 0.25) is 0 Å². The largest absolute Gasteiger partial charge is 0.309 e. The Kier molecular flexibility index (Phi) is 3.42. The second-order valence-electron chi connectivity index (χ2n) is 8.33. The van der Waals surface area contributed by atoms with Crippen LogP contribution in [0.1, 0.15) is 26.3 Å². The third kappa shape index (κ3) is 2.46. The minimum absolute atomic E-state index is 0.159. The molecule has 0 aliphatic rings. The summed E-state index contributed by atoms with van der Waals surface area (Å²) >= 11 is 0. The van der Waals surface area contributed by atoms with Crippen molar-refractivity contribution in [3.8, 4) is 5.69 Å². The first-order valence-corrected chi connectivity index (χ1v) is 9.56. The first-order chi connectivity index (χ1) is 13.0. The van der Waals surface area contributed by atoms with Crippen molar-refractivity contribution in [1.82, 2.24) is 4.57 Å². The zero-order chi connectivity index (χ0) is 18.6. The first-order valence-electron chi connectivity index (χ1n) is 9.56. The van der Waals surface area contributed by atoms with E-state index in [0.717, 1.165) is 0 Å². The van der Waals surface area contributed by atoms with E-state index in [0.29, 0.717) is 0 Å². The molecule has 1 heterocycles. The van der Waals surface area contributed by atoms with Crippen LogP contribution >= 0.6 is 0 Å². The third-order valence-corrected chi connectivity index (χ3v) is 5.55. The molecule has 0 N–H and O–H groups in total. The first kappa shape index (κ1) is 16.1. The molecule has 0 unspecified atom stereocenters. The summed E-state index contributed by atoms with van der Waals surface area (Å²) in [6.45, 7) is 6.78. The second-order valence-corrected chi connectivity index (χ2v) is 8.33. The van der Waals surface area contributed by atoms with Crippen LogP contribution in [0.3, 0.4) is 0 Å². The molecule has 0 bridgehead atoms. The lowest BCUT2D eigenvalue weighted by Gasteiger charge is -2.19. The second kappa shape index (κ2) is 5.72. The highest BCUT2D eigenvalue weighted by atomic mass is 15.0. The van der Waals surface area contributed by atoms with Gasteiger partial charge in [-0.2, -0.15) is 0 Å². The molecule has 1 nitrogen and oxygen atoms in total. The van der Waals surface area contributed by atoms with Crippen molar-refractivity contribution in [1.29, 1.82) is 0 Å². The van der Waals surface area contributed by atoms with E-state index in [-0.39, 0.29) is 5.41 Å². The summed E-state index contributed by atoms with van der Waals surface area (Å²) in [6.07, 6.45) is 0. The highest BCUT2D eigenvalue weighted by molar-refractivity contribution is 6.18. The molecule has 0 saturated carbocycles. The Morgan fingerprint density at radius 1 is 0.593 bits per heavy atom. The van der Waals surface area contributed by atoms with Crippen LogP contribution in [0, 0.1) is 0 Å². The van der Waals surface area contributed by atoms with E-state index in [4.69, 9.17) is 0 Å². The molecule has 5 aromatic rings. The molecule has 0 amide bonds. The van der Waals surface area contributed by atoms with Gasteiger partial charge in [0.15, 0.2) is 0 Å². The predicted octanol–water partition coefficient (Wildman–Crippen LogP) is 7.23. The average molecular weight is 349 g/mol. The molecule has 0 radical (unpaired) electrons. The molecule has 132 valence electrons. The maximum absolute atomic E-state index is 2.42. The zero-order valence-electron chi connectivity index (χ0n) is 16.0. The number of fused-ring (bicyclic) bond motifs is 5. The number of aromatic nitrogens is 1. The molecule has 4 aromatic carbocycles. The SMILES string of the molecule is CC(C)(C)c1ccc(-n2c3ccccc3c3ccc4ccccc4c32)cc1. The van der Waals surface area contributed by atoms with Gasteiger partial charge >= 0.3 is 0 Å². The van der Waals surface area contributed by atoms with Crippen LogP contribution in [0.25, 0.3) is 38.3 Å². The normalized spacial score (nSPS) is 12.3. The zero-order valence-corrected chi connectivity index (χ0v) is 16.0. The van der Waals surface area contributed by atoms with Gasteiger partial charge in [0.05, 0.1) is 11.0 Å². The third-order valence-electron chi connectivity index (χ3n) is 5.55. The summed E-state index contributed by atoms with van der Waals surface area (Å²) in [4.78, 5) is 0. The monoisotopic (exact) mass is 349 g/mol. The highest BCUT2D eigenvalue weighted by Crippen LogP contribution is 2.36. The number of rotatable bonds is 1. The van der Waals surface area contributed by atoms with Gasteiger partial charge in [-0.25, -0.2) is 0 Å².